The van der Waals surface area contributed by atoms with Gasteiger partial charge in [-0.2, -0.15) is 0 Å². The molecule has 0 spiro atoms. The lowest BCUT2D eigenvalue weighted by molar-refractivity contribution is 0.0478. The molecule has 192 valence electrons. The van der Waals surface area contributed by atoms with E-state index in [1.165, 1.54) is 82.6 Å². The average molecular weight is 473 g/mol. The van der Waals surface area contributed by atoms with Crippen LogP contribution in [0.3, 0.4) is 0 Å². The van der Waals surface area contributed by atoms with Gasteiger partial charge in [0.25, 0.3) is 0 Å². The highest BCUT2D eigenvalue weighted by Crippen LogP contribution is 2.45. The van der Waals surface area contributed by atoms with E-state index < -0.39 is 0 Å². The maximum atomic E-state index is 14.8. The summed E-state index contributed by atoms with van der Waals surface area (Å²) < 4.78 is 26.2. The van der Waals surface area contributed by atoms with E-state index in [9.17, 15) is 4.39 Å². The van der Waals surface area contributed by atoms with Crippen LogP contribution in [-0.2, 0) is 4.74 Å². The maximum Gasteiger partial charge on any atom is 0.165 e. The van der Waals surface area contributed by atoms with Crippen molar-refractivity contribution in [1.82, 2.24) is 0 Å². The number of benzene rings is 1. The third-order valence-electron chi connectivity index (χ3n) is 9.57. The molecule has 3 aliphatic rings. The van der Waals surface area contributed by atoms with Crippen molar-refractivity contribution in [1.29, 1.82) is 0 Å². The van der Waals surface area contributed by atoms with Gasteiger partial charge < -0.3 is 9.47 Å². The van der Waals surface area contributed by atoms with E-state index in [1.54, 1.807) is 13.2 Å². The van der Waals surface area contributed by atoms with E-state index in [0.29, 0.717) is 30.3 Å². The van der Waals surface area contributed by atoms with Crippen molar-refractivity contribution in [2.75, 3.05) is 13.7 Å². The zero-order valence-electron chi connectivity index (χ0n) is 21.9. The normalized spacial score (nSPS) is 32.4. The van der Waals surface area contributed by atoms with Crippen LogP contribution in [0.15, 0.2) is 18.2 Å². The molecule has 0 bridgehead atoms. The van der Waals surface area contributed by atoms with Gasteiger partial charge in [-0.15, -0.1) is 0 Å². The van der Waals surface area contributed by atoms with Crippen molar-refractivity contribution in [3.63, 3.8) is 0 Å². The van der Waals surface area contributed by atoms with Crippen LogP contribution in [-0.4, -0.2) is 19.8 Å². The molecule has 0 amide bonds. The first-order valence-electron chi connectivity index (χ1n) is 14.6. The summed E-state index contributed by atoms with van der Waals surface area (Å²) in [7, 11) is 1.80. The van der Waals surface area contributed by atoms with E-state index in [0.717, 1.165) is 43.4 Å². The summed E-state index contributed by atoms with van der Waals surface area (Å²) in [4.78, 5) is 0. The topological polar surface area (TPSA) is 18.5 Å². The van der Waals surface area contributed by atoms with Crippen LogP contribution in [0.4, 0.5) is 4.39 Å². The zero-order chi connectivity index (χ0) is 23.8. The van der Waals surface area contributed by atoms with Crippen molar-refractivity contribution >= 4 is 0 Å². The standard InChI is InChI=1S/C31H49FO2/c1-3-4-5-6-23-7-11-25(12-8-23)26-13-15-27(16-14-26)28-17-20-31(30(32)21-28)34-22-24-9-18-29(33-2)19-10-24/h17,20-21,23-27,29H,3-16,18-19,22H2,1-2H3. The molecule has 0 atom stereocenters. The summed E-state index contributed by atoms with van der Waals surface area (Å²) in [5.41, 5.74) is 1.18. The van der Waals surface area contributed by atoms with Gasteiger partial charge in [0.15, 0.2) is 11.6 Å². The Bertz CT molecular complexity index is 710. The number of methoxy groups -OCH3 is 1. The molecule has 0 saturated heterocycles. The molecule has 0 N–H and O–H groups in total. The van der Waals surface area contributed by atoms with Crippen molar-refractivity contribution in [3.8, 4) is 5.75 Å². The Morgan fingerprint density at radius 2 is 1.44 bits per heavy atom. The number of hydrogen-bond acceptors (Lipinski definition) is 2. The molecule has 0 aromatic heterocycles. The second-order valence-corrected chi connectivity index (χ2v) is 11.8. The van der Waals surface area contributed by atoms with Crippen LogP contribution >= 0.6 is 0 Å². The van der Waals surface area contributed by atoms with E-state index in [4.69, 9.17) is 9.47 Å². The van der Waals surface area contributed by atoms with Gasteiger partial charge in [0.2, 0.25) is 0 Å². The van der Waals surface area contributed by atoms with Gasteiger partial charge in [0.05, 0.1) is 12.7 Å². The monoisotopic (exact) mass is 472 g/mol. The highest BCUT2D eigenvalue weighted by molar-refractivity contribution is 5.31. The lowest BCUT2D eigenvalue weighted by atomic mass is 9.68. The minimum Gasteiger partial charge on any atom is -0.490 e. The van der Waals surface area contributed by atoms with Crippen LogP contribution in [0, 0.1) is 29.5 Å². The lowest BCUT2D eigenvalue weighted by Crippen LogP contribution is -2.25. The predicted octanol–water partition coefficient (Wildman–Crippen LogP) is 9.07. The lowest BCUT2D eigenvalue weighted by Gasteiger charge is -2.38. The molecule has 0 aliphatic heterocycles. The molecule has 1 aromatic rings. The molecule has 3 fully saturated rings. The fourth-order valence-corrected chi connectivity index (χ4v) is 7.19. The summed E-state index contributed by atoms with van der Waals surface area (Å²) in [6, 6.07) is 5.79. The largest absolute Gasteiger partial charge is 0.490 e. The molecule has 34 heavy (non-hydrogen) atoms. The molecular formula is C31H49FO2. The zero-order valence-corrected chi connectivity index (χ0v) is 21.9. The molecule has 4 rings (SSSR count). The first-order chi connectivity index (χ1) is 16.7. The quantitative estimate of drug-likeness (QED) is 0.316. The Balaban J connectivity index is 1.18. The van der Waals surface area contributed by atoms with Gasteiger partial charge in [-0.05, 0) is 111 Å². The Kier molecular flexibility index (Phi) is 10.2. The Hall–Kier alpha value is -1.09. The Labute approximate surface area is 208 Å². The first-order valence-corrected chi connectivity index (χ1v) is 14.6. The highest BCUT2D eigenvalue weighted by atomic mass is 19.1. The molecule has 3 aliphatic carbocycles. The van der Waals surface area contributed by atoms with Crippen LogP contribution in [0.5, 0.6) is 5.75 Å². The van der Waals surface area contributed by atoms with Crippen molar-refractivity contribution in [3.05, 3.63) is 29.6 Å². The predicted molar refractivity (Wildman–Crippen MR) is 139 cm³/mol. The maximum absolute atomic E-state index is 14.8. The molecular weight excluding hydrogens is 423 g/mol. The van der Waals surface area contributed by atoms with Gasteiger partial charge in [0.1, 0.15) is 0 Å². The van der Waals surface area contributed by atoms with Crippen LogP contribution < -0.4 is 4.74 Å². The molecule has 3 heteroatoms. The van der Waals surface area contributed by atoms with Crippen molar-refractivity contribution in [2.24, 2.45) is 23.7 Å². The van der Waals surface area contributed by atoms with E-state index in [-0.39, 0.29) is 5.82 Å². The third kappa shape index (κ3) is 7.21. The second kappa shape index (κ2) is 13.3. The SMILES string of the molecule is CCCCCC1CCC(C2CCC(c3ccc(OCC4CCC(OC)CC4)c(F)c3)CC2)CC1. The molecule has 3 saturated carbocycles. The Morgan fingerprint density at radius 3 is 2.06 bits per heavy atom. The number of rotatable bonds is 10. The summed E-state index contributed by atoms with van der Waals surface area (Å²) in [6.07, 6.45) is 21.4. The van der Waals surface area contributed by atoms with Crippen LogP contribution in [0.2, 0.25) is 0 Å². The number of ether oxygens (including phenoxy) is 2. The van der Waals surface area contributed by atoms with Gasteiger partial charge >= 0.3 is 0 Å². The summed E-state index contributed by atoms with van der Waals surface area (Å²) in [5, 5.41) is 0. The summed E-state index contributed by atoms with van der Waals surface area (Å²) >= 11 is 0. The summed E-state index contributed by atoms with van der Waals surface area (Å²) in [6.45, 7) is 2.93. The number of unbranched alkanes of at least 4 members (excludes halogenated alkanes) is 2. The number of hydrogen-bond donors (Lipinski definition) is 0. The fourth-order valence-electron chi connectivity index (χ4n) is 7.19. The minimum absolute atomic E-state index is 0.174. The number of halogens is 1. The molecule has 1 aromatic carbocycles. The average Bonchev–Trinajstić information content (AvgIpc) is 2.89. The Morgan fingerprint density at radius 1 is 0.794 bits per heavy atom. The second-order valence-electron chi connectivity index (χ2n) is 11.8. The molecule has 0 radical (unpaired) electrons. The van der Waals surface area contributed by atoms with Gasteiger partial charge in [0, 0.05) is 7.11 Å². The van der Waals surface area contributed by atoms with E-state index in [1.807, 2.05) is 6.07 Å². The first kappa shape index (κ1) is 26.0. The van der Waals surface area contributed by atoms with Crippen LogP contribution in [0.25, 0.3) is 0 Å². The fraction of sp³-hybridized carbons (Fsp3) is 0.806. The molecule has 0 unspecified atom stereocenters. The van der Waals surface area contributed by atoms with Gasteiger partial charge in [-0.25, -0.2) is 4.39 Å². The molecule has 0 heterocycles. The third-order valence-corrected chi connectivity index (χ3v) is 9.57. The van der Waals surface area contributed by atoms with E-state index >= 15 is 0 Å². The van der Waals surface area contributed by atoms with Crippen molar-refractivity contribution < 1.29 is 13.9 Å². The van der Waals surface area contributed by atoms with Gasteiger partial charge in [-0.1, -0.05) is 51.5 Å². The minimum atomic E-state index is -0.174. The highest BCUT2D eigenvalue weighted by Gasteiger charge is 2.31. The van der Waals surface area contributed by atoms with Crippen molar-refractivity contribution in [2.45, 2.75) is 122 Å². The van der Waals surface area contributed by atoms with Gasteiger partial charge in [-0.3, -0.25) is 0 Å². The van der Waals surface area contributed by atoms with E-state index in [2.05, 4.69) is 13.0 Å². The summed E-state index contributed by atoms with van der Waals surface area (Å²) in [5.74, 6) is 4.17. The smallest absolute Gasteiger partial charge is 0.165 e. The van der Waals surface area contributed by atoms with Crippen LogP contribution in [0.1, 0.15) is 121 Å². The molecule has 2 nitrogen and oxygen atoms in total.